The molecular weight excluding hydrogens is 492 g/mol. The Morgan fingerprint density at radius 1 is 1.11 bits per heavy atom. The Morgan fingerprint density at radius 2 is 1.74 bits per heavy atom. The number of ether oxygens (including phenoxy) is 1. The van der Waals surface area contributed by atoms with Crippen LogP contribution in [0.3, 0.4) is 0 Å². The Bertz CT molecular complexity index is 1260. The summed E-state index contributed by atoms with van der Waals surface area (Å²) < 4.78 is 6.21. The van der Waals surface area contributed by atoms with Crippen molar-refractivity contribution in [1.82, 2.24) is 10.2 Å². The highest BCUT2D eigenvalue weighted by molar-refractivity contribution is 5.92. The second-order valence-corrected chi connectivity index (χ2v) is 10.2. The van der Waals surface area contributed by atoms with E-state index in [2.05, 4.69) is 5.32 Å². The fourth-order valence-electron chi connectivity index (χ4n) is 5.09. The standard InChI is InChI=1S/C27H34N4O7/c1-16-17(2)24-21(18(3)23(16)33)9-10-27(4,38-24)26(35)28-22(15-32)25(34)30-13-11-29(12-14-30)19-5-7-20(8-6-19)31(36)37/h5-8,22,32-33H,9-15H2,1-4H3,(H,28,35). The third-order valence-corrected chi connectivity index (χ3v) is 7.80. The largest absolute Gasteiger partial charge is 0.507 e. The van der Waals surface area contributed by atoms with Gasteiger partial charge in [0, 0.05) is 56.0 Å². The second-order valence-electron chi connectivity index (χ2n) is 10.2. The smallest absolute Gasteiger partial charge is 0.269 e. The van der Waals surface area contributed by atoms with E-state index in [1.54, 1.807) is 30.9 Å². The molecule has 2 unspecified atom stereocenters. The van der Waals surface area contributed by atoms with Gasteiger partial charge >= 0.3 is 0 Å². The molecule has 4 rings (SSSR count). The zero-order chi connectivity index (χ0) is 27.8. The topological polar surface area (TPSA) is 145 Å². The number of fused-ring (bicyclic) bond motifs is 1. The van der Waals surface area contributed by atoms with Crippen molar-refractivity contribution in [3.05, 3.63) is 56.6 Å². The molecule has 2 heterocycles. The van der Waals surface area contributed by atoms with Crippen LogP contribution < -0.4 is 15.0 Å². The maximum Gasteiger partial charge on any atom is 0.269 e. The Kier molecular flexibility index (Phi) is 7.50. The number of nitro benzene ring substituents is 1. The van der Waals surface area contributed by atoms with Gasteiger partial charge in [-0.1, -0.05) is 0 Å². The van der Waals surface area contributed by atoms with Crippen LogP contribution in [-0.2, 0) is 16.0 Å². The number of amides is 2. The minimum Gasteiger partial charge on any atom is -0.507 e. The van der Waals surface area contributed by atoms with Crippen LogP contribution in [0.15, 0.2) is 24.3 Å². The number of hydrogen-bond donors (Lipinski definition) is 3. The number of rotatable bonds is 6. The number of non-ortho nitro benzene ring substituents is 1. The fraction of sp³-hybridized carbons (Fsp3) is 0.481. The van der Waals surface area contributed by atoms with E-state index in [-0.39, 0.29) is 17.3 Å². The van der Waals surface area contributed by atoms with E-state index in [1.165, 1.54) is 12.1 Å². The molecule has 38 heavy (non-hydrogen) atoms. The Morgan fingerprint density at radius 3 is 2.32 bits per heavy atom. The number of aromatic hydroxyl groups is 1. The second kappa shape index (κ2) is 10.5. The molecule has 2 aromatic carbocycles. The zero-order valence-corrected chi connectivity index (χ0v) is 22.1. The Hall–Kier alpha value is -3.86. The highest BCUT2D eigenvalue weighted by atomic mass is 16.6. The van der Waals surface area contributed by atoms with Gasteiger partial charge in [-0.15, -0.1) is 0 Å². The SMILES string of the molecule is Cc1c(C)c2c(c(C)c1O)CCC(C)(C(=O)NC(CO)C(=O)N1CCN(c3ccc([N+](=O)[O-])cc3)CC1)O2. The van der Waals surface area contributed by atoms with Crippen LogP contribution in [0.1, 0.15) is 35.6 Å². The highest BCUT2D eigenvalue weighted by Crippen LogP contribution is 2.43. The molecule has 2 aliphatic heterocycles. The van der Waals surface area contributed by atoms with Gasteiger partial charge in [0.15, 0.2) is 5.60 Å². The van der Waals surface area contributed by atoms with Gasteiger partial charge in [0.25, 0.3) is 11.6 Å². The molecule has 11 heteroatoms. The maximum atomic E-state index is 13.3. The average molecular weight is 527 g/mol. The number of nitro groups is 1. The first kappa shape index (κ1) is 27.2. The van der Waals surface area contributed by atoms with Crippen molar-refractivity contribution in [3.63, 3.8) is 0 Å². The molecule has 2 amide bonds. The predicted molar refractivity (Wildman–Crippen MR) is 141 cm³/mol. The van der Waals surface area contributed by atoms with Crippen LogP contribution in [0.2, 0.25) is 0 Å². The van der Waals surface area contributed by atoms with Crippen molar-refractivity contribution >= 4 is 23.2 Å². The lowest BCUT2D eigenvalue weighted by Gasteiger charge is -2.39. The lowest BCUT2D eigenvalue weighted by atomic mass is 9.86. The average Bonchev–Trinajstić information content (AvgIpc) is 2.93. The van der Waals surface area contributed by atoms with E-state index < -0.39 is 29.1 Å². The van der Waals surface area contributed by atoms with Gasteiger partial charge in [-0.3, -0.25) is 19.7 Å². The number of anilines is 1. The molecule has 0 aromatic heterocycles. The summed E-state index contributed by atoms with van der Waals surface area (Å²) in [5, 5.41) is 33.9. The number of nitrogens with one attached hydrogen (secondary N) is 1. The summed E-state index contributed by atoms with van der Waals surface area (Å²) in [6.45, 7) is 8.37. The summed E-state index contributed by atoms with van der Waals surface area (Å²) in [4.78, 5) is 40.6. The molecule has 0 aliphatic carbocycles. The summed E-state index contributed by atoms with van der Waals surface area (Å²) in [5.41, 5.74) is 2.67. The number of piperazine rings is 1. The number of phenolic OH excluding ortho intramolecular Hbond substituents is 1. The number of benzene rings is 2. The molecule has 2 aliphatic rings. The van der Waals surface area contributed by atoms with Gasteiger partial charge < -0.3 is 30.1 Å². The minimum absolute atomic E-state index is 0.0156. The summed E-state index contributed by atoms with van der Waals surface area (Å²) in [5.74, 6) is -0.0480. The summed E-state index contributed by atoms with van der Waals surface area (Å²) >= 11 is 0. The van der Waals surface area contributed by atoms with Crippen molar-refractivity contribution < 1.29 is 29.5 Å². The van der Waals surface area contributed by atoms with Crippen LogP contribution in [0.25, 0.3) is 0 Å². The molecule has 204 valence electrons. The lowest BCUT2D eigenvalue weighted by molar-refractivity contribution is -0.384. The van der Waals surface area contributed by atoms with Crippen molar-refractivity contribution in [3.8, 4) is 11.5 Å². The predicted octanol–water partition coefficient (Wildman–Crippen LogP) is 2.14. The van der Waals surface area contributed by atoms with Crippen LogP contribution in [-0.4, -0.2) is 76.3 Å². The van der Waals surface area contributed by atoms with E-state index in [1.807, 2.05) is 18.7 Å². The number of phenols is 1. The molecule has 1 saturated heterocycles. The molecule has 1 fully saturated rings. The Balaban J connectivity index is 1.39. The summed E-state index contributed by atoms with van der Waals surface area (Å²) in [6.07, 6.45) is 0.886. The van der Waals surface area contributed by atoms with Gasteiger partial charge in [-0.25, -0.2) is 0 Å². The molecule has 3 N–H and O–H groups in total. The third kappa shape index (κ3) is 4.98. The molecule has 0 radical (unpaired) electrons. The van der Waals surface area contributed by atoms with Crippen LogP contribution in [0, 0.1) is 30.9 Å². The van der Waals surface area contributed by atoms with E-state index in [4.69, 9.17) is 4.74 Å². The lowest BCUT2D eigenvalue weighted by Crippen LogP contribution is -2.60. The summed E-state index contributed by atoms with van der Waals surface area (Å²) in [6, 6.07) is 5.15. The number of carbonyl (C=O) groups excluding carboxylic acids is 2. The minimum atomic E-state index is -1.24. The molecule has 0 saturated carbocycles. The van der Waals surface area contributed by atoms with Gasteiger partial charge in [0.2, 0.25) is 5.91 Å². The van der Waals surface area contributed by atoms with Gasteiger partial charge in [0.05, 0.1) is 11.5 Å². The first-order valence-electron chi connectivity index (χ1n) is 12.7. The van der Waals surface area contributed by atoms with Crippen LogP contribution in [0.4, 0.5) is 11.4 Å². The van der Waals surface area contributed by atoms with Crippen molar-refractivity contribution in [1.29, 1.82) is 0 Å². The zero-order valence-electron chi connectivity index (χ0n) is 22.1. The van der Waals surface area contributed by atoms with Crippen LogP contribution in [0.5, 0.6) is 11.5 Å². The number of carbonyl (C=O) groups is 2. The molecule has 0 spiro atoms. The van der Waals surface area contributed by atoms with Gasteiger partial charge in [-0.2, -0.15) is 0 Å². The molecule has 2 atom stereocenters. The Labute approximate surface area is 221 Å². The first-order valence-corrected chi connectivity index (χ1v) is 12.7. The first-order chi connectivity index (χ1) is 18.0. The summed E-state index contributed by atoms with van der Waals surface area (Å²) in [7, 11) is 0. The van der Waals surface area contributed by atoms with Crippen molar-refractivity contribution in [2.24, 2.45) is 0 Å². The highest BCUT2D eigenvalue weighted by Gasteiger charge is 2.42. The van der Waals surface area contributed by atoms with Gasteiger partial charge in [0.1, 0.15) is 17.5 Å². The fourth-order valence-corrected chi connectivity index (χ4v) is 5.09. The number of hydrogen-bond acceptors (Lipinski definition) is 8. The molecular formula is C27H34N4O7. The molecule has 11 nitrogen and oxygen atoms in total. The van der Waals surface area contributed by atoms with E-state index in [0.717, 1.165) is 22.4 Å². The quantitative estimate of drug-likeness (QED) is 0.383. The van der Waals surface area contributed by atoms with Crippen molar-refractivity contribution in [2.75, 3.05) is 37.7 Å². The molecule has 2 aromatic rings. The number of nitrogens with zero attached hydrogens (tertiary/aromatic N) is 3. The molecule has 0 bridgehead atoms. The number of aliphatic hydroxyl groups is 1. The van der Waals surface area contributed by atoms with Crippen LogP contribution >= 0.6 is 0 Å². The maximum absolute atomic E-state index is 13.3. The van der Waals surface area contributed by atoms with E-state index >= 15 is 0 Å². The normalized spacial score (nSPS) is 19.8. The number of aliphatic hydroxyl groups excluding tert-OH is 1. The van der Waals surface area contributed by atoms with Gasteiger partial charge in [-0.05, 0) is 62.9 Å². The monoisotopic (exact) mass is 526 g/mol. The van der Waals surface area contributed by atoms with E-state index in [9.17, 15) is 29.9 Å². The third-order valence-electron chi connectivity index (χ3n) is 7.80. The van der Waals surface area contributed by atoms with Crippen molar-refractivity contribution in [2.45, 2.75) is 52.2 Å². The van der Waals surface area contributed by atoms with E-state index in [0.29, 0.717) is 50.3 Å².